The average Bonchev–Trinajstić information content (AvgIpc) is 2.35. The maximum absolute atomic E-state index is 5.66. The Hall–Kier alpha value is -0.860. The molecule has 1 rings (SSSR count). The Kier molecular flexibility index (Phi) is 5.66. The van der Waals surface area contributed by atoms with E-state index in [9.17, 15) is 0 Å². The molecule has 1 aromatic carbocycles. The quantitative estimate of drug-likeness (QED) is 0.561. The van der Waals surface area contributed by atoms with Crippen molar-refractivity contribution in [1.29, 1.82) is 0 Å². The van der Waals surface area contributed by atoms with Crippen LogP contribution in [-0.2, 0) is 6.42 Å². The Balaban J connectivity index is 2.39. The first-order valence-electron chi connectivity index (χ1n) is 6.60. The van der Waals surface area contributed by atoms with Gasteiger partial charge >= 0.3 is 0 Å². The van der Waals surface area contributed by atoms with Crippen molar-refractivity contribution in [3.8, 4) is 0 Å². The van der Waals surface area contributed by atoms with Crippen LogP contribution in [0.15, 0.2) is 30.3 Å². The second-order valence-corrected chi connectivity index (χ2v) is 5.44. The van der Waals surface area contributed by atoms with Crippen LogP contribution in [0.25, 0.3) is 0 Å². The molecule has 2 nitrogen and oxygen atoms in total. The van der Waals surface area contributed by atoms with E-state index in [-0.39, 0.29) is 5.41 Å². The summed E-state index contributed by atoms with van der Waals surface area (Å²) in [6.45, 7) is 6.78. The first-order valence-corrected chi connectivity index (χ1v) is 6.60. The van der Waals surface area contributed by atoms with Gasteiger partial charge in [0.1, 0.15) is 0 Å². The Morgan fingerprint density at radius 2 is 1.88 bits per heavy atom. The van der Waals surface area contributed by atoms with E-state index in [1.165, 1.54) is 12.0 Å². The van der Waals surface area contributed by atoms with E-state index in [1.54, 1.807) is 0 Å². The summed E-state index contributed by atoms with van der Waals surface area (Å²) >= 11 is 0. The lowest BCUT2D eigenvalue weighted by Crippen LogP contribution is -2.45. The third-order valence-corrected chi connectivity index (χ3v) is 3.86. The zero-order valence-corrected chi connectivity index (χ0v) is 11.4. The van der Waals surface area contributed by atoms with Crippen molar-refractivity contribution in [2.24, 2.45) is 11.3 Å². The topological polar surface area (TPSA) is 38.0 Å². The number of nitrogens with two attached hydrogens (primary N) is 1. The van der Waals surface area contributed by atoms with E-state index in [0.717, 1.165) is 19.3 Å². The molecule has 0 aromatic heterocycles. The molecular formula is C15H26N2. The lowest BCUT2D eigenvalue weighted by molar-refractivity contribution is 0.219. The van der Waals surface area contributed by atoms with Crippen LogP contribution >= 0.6 is 0 Å². The fourth-order valence-corrected chi connectivity index (χ4v) is 2.10. The molecule has 2 heteroatoms. The van der Waals surface area contributed by atoms with Gasteiger partial charge in [0.15, 0.2) is 0 Å². The summed E-state index contributed by atoms with van der Waals surface area (Å²) in [7, 11) is 0. The van der Waals surface area contributed by atoms with Crippen LogP contribution in [0.4, 0.5) is 0 Å². The van der Waals surface area contributed by atoms with E-state index in [1.807, 2.05) is 0 Å². The second-order valence-electron chi connectivity index (χ2n) is 5.44. The van der Waals surface area contributed by atoms with E-state index < -0.39 is 0 Å². The van der Waals surface area contributed by atoms with Crippen molar-refractivity contribution >= 4 is 0 Å². The Labute approximate surface area is 106 Å². The summed E-state index contributed by atoms with van der Waals surface area (Å²) in [4.78, 5) is 0. The number of hydrogen-bond acceptors (Lipinski definition) is 2. The van der Waals surface area contributed by atoms with Gasteiger partial charge in [-0.15, -0.1) is 0 Å². The summed E-state index contributed by atoms with van der Waals surface area (Å²) in [5, 5.41) is 0. The Bertz CT molecular complexity index is 306. The van der Waals surface area contributed by atoms with Crippen LogP contribution in [-0.4, -0.2) is 6.04 Å². The van der Waals surface area contributed by atoms with Gasteiger partial charge in [-0.1, -0.05) is 51.1 Å². The lowest BCUT2D eigenvalue weighted by atomic mass is 9.79. The zero-order valence-electron chi connectivity index (χ0n) is 11.4. The summed E-state index contributed by atoms with van der Waals surface area (Å²) in [5.74, 6) is 5.66. The molecule has 0 spiro atoms. The molecule has 0 radical (unpaired) electrons. The maximum Gasteiger partial charge on any atom is 0.0261 e. The van der Waals surface area contributed by atoms with Gasteiger partial charge in [-0.2, -0.15) is 0 Å². The summed E-state index contributed by atoms with van der Waals surface area (Å²) in [6.07, 6.45) is 4.60. The molecule has 0 aliphatic heterocycles. The van der Waals surface area contributed by atoms with E-state index in [0.29, 0.717) is 6.04 Å². The largest absolute Gasteiger partial charge is 0.271 e. The Morgan fingerprint density at radius 3 is 2.41 bits per heavy atom. The molecule has 0 bridgehead atoms. The number of nitrogens with one attached hydrogen (secondary N) is 1. The molecule has 1 unspecified atom stereocenters. The van der Waals surface area contributed by atoms with Gasteiger partial charge in [0.25, 0.3) is 0 Å². The van der Waals surface area contributed by atoms with Gasteiger partial charge in [-0.05, 0) is 36.7 Å². The molecular weight excluding hydrogens is 208 g/mol. The molecule has 0 aliphatic carbocycles. The van der Waals surface area contributed by atoms with Gasteiger partial charge in [0, 0.05) is 6.04 Å². The third-order valence-electron chi connectivity index (χ3n) is 3.86. The first-order chi connectivity index (χ1) is 8.10. The van der Waals surface area contributed by atoms with Crippen LogP contribution in [0, 0.1) is 5.41 Å². The van der Waals surface area contributed by atoms with Gasteiger partial charge < -0.3 is 0 Å². The van der Waals surface area contributed by atoms with Gasteiger partial charge in [-0.25, -0.2) is 0 Å². The van der Waals surface area contributed by atoms with Crippen molar-refractivity contribution < 1.29 is 0 Å². The first kappa shape index (κ1) is 14.2. The smallest absolute Gasteiger partial charge is 0.0261 e. The van der Waals surface area contributed by atoms with Crippen molar-refractivity contribution in [3.63, 3.8) is 0 Å². The number of rotatable bonds is 7. The van der Waals surface area contributed by atoms with Crippen molar-refractivity contribution in [2.75, 3.05) is 0 Å². The zero-order chi connectivity index (χ0) is 12.7. The number of hydrogen-bond donors (Lipinski definition) is 2. The standard InChI is InChI=1S/C15H26N2/c1-4-15(2,3)14(17-16)12-8-11-13-9-6-5-7-10-13/h5-7,9-10,14,17H,4,8,11-12,16H2,1-3H3. The van der Waals surface area contributed by atoms with Crippen molar-refractivity contribution in [3.05, 3.63) is 35.9 Å². The maximum atomic E-state index is 5.66. The average molecular weight is 234 g/mol. The predicted octanol–water partition coefficient (Wildman–Crippen LogP) is 3.28. The summed E-state index contributed by atoms with van der Waals surface area (Å²) in [6, 6.07) is 11.0. The highest BCUT2D eigenvalue weighted by atomic mass is 15.2. The van der Waals surface area contributed by atoms with Crippen LogP contribution in [0.1, 0.15) is 45.6 Å². The van der Waals surface area contributed by atoms with Crippen molar-refractivity contribution in [1.82, 2.24) is 5.43 Å². The fourth-order valence-electron chi connectivity index (χ4n) is 2.10. The third kappa shape index (κ3) is 4.49. The highest BCUT2D eigenvalue weighted by Gasteiger charge is 2.25. The summed E-state index contributed by atoms with van der Waals surface area (Å²) in [5.41, 5.74) is 4.66. The highest BCUT2D eigenvalue weighted by molar-refractivity contribution is 5.14. The molecule has 0 amide bonds. The van der Waals surface area contributed by atoms with Gasteiger partial charge in [0.05, 0.1) is 0 Å². The molecule has 0 heterocycles. The van der Waals surface area contributed by atoms with E-state index in [4.69, 9.17) is 5.84 Å². The number of benzene rings is 1. The van der Waals surface area contributed by atoms with Gasteiger partial charge in [-0.3, -0.25) is 11.3 Å². The van der Waals surface area contributed by atoms with Crippen LogP contribution in [0.5, 0.6) is 0 Å². The molecule has 3 N–H and O–H groups in total. The molecule has 96 valence electrons. The molecule has 1 atom stereocenters. The highest BCUT2D eigenvalue weighted by Crippen LogP contribution is 2.27. The lowest BCUT2D eigenvalue weighted by Gasteiger charge is -2.33. The Morgan fingerprint density at radius 1 is 1.24 bits per heavy atom. The van der Waals surface area contributed by atoms with Gasteiger partial charge in [0.2, 0.25) is 0 Å². The number of aryl methyl sites for hydroxylation is 1. The monoisotopic (exact) mass is 234 g/mol. The minimum atomic E-state index is 0.269. The SMILES string of the molecule is CCC(C)(C)C(CCCc1ccccc1)NN. The van der Waals surface area contributed by atoms with Crippen LogP contribution in [0.3, 0.4) is 0 Å². The normalized spacial score (nSPS) is 13.6. The molecule has 0 aliphatic rings. The molecule has 0 fully saturated rings. The minimum absolute atomic E-state index is 0.269. The predicted molar refractivity (Wildman–Crippen MR) is 74.6 cm³/mol. The van der Waals surface area contributed by atoms with Crippen LogP contribution < -0.4 is 11.3 Å². The molecule has 0 saturated heterocycles. The van der Waals surface area contributed by atoms with E-state index in [2.05, 4.69) is 56.5 Å². The fraction of sp³-hybridized carbons (Fsp3) is 0.600. The van der Waals surface area contributed by atoms with E-state index >= 15 is 0 Å². The summed E-state index contributed by atoms with van der Waals surface area (Å²) < 4.78 is 0. The molecule has 17 heavy (non-hydrogen) atoms. The minimum Gasteiger partial charge on any atom is -0.271 e. The number of hydrazine groups is 1. The molecule has 0 saturated carbocycles. The van der Waals surface area contributed by atoms with Crippen LogP contribution in [0.2, 0.25) is 0 Å². The second kappa shape index (κ2) is 6.77. The molecule has 1 aromatic rings. The van der Waals surface area contributed by atoms with Crippen molar-refractivity contribution in [2.45, 2.75) is 52.5 Å².